The van der Waals surface area contributed by atoms with Crippen molar-refractivity contribution in [2.75, 3.05) is 17.6 Å². The van der Waals surface area contributed by atoms with Gasteiger partial charge in [-0.2, -0.15) is 4.98 Å². The molecule has 1 unspecified atom stereocenters. The molecule has 3 heterocycles. The van der Waals surface area contributed by atoms with Crippen molar-refractivity contribution in [3.63, 3.8) is 0 Å². The number of ether oxygens (including phenoxy) is 2. The Hall–Kier alpha value is -2.59. The van der Waals surface area contributed by atoms with Crippen LogP contribution in [-0.2, 0) is 17.4 Å². The molecule has 1 atom stereocenters. The SMILES string of the molecule is CCc1nccc(-c2sc(C)nc2Oc2ccc(NS(=O)CC3CC3)nc2OC)n1. The Labute approximate surface area is 181 Å². The number of methoxy groups -OCH3 is 1. The highest BCUT2D eigenvalue weighted by atomic mass is 32.2. The second-order valence-corrected chi connectivity index (χ2v) is 9.37. The Balaban J connectivity index is 1.57. The highest BCUT2D eigenvalue weighted by molar-refractivity contribution is 7.86. The van der Waals surface area contributed by atoms with Gasteiger partial charge in [-0.3, -0.25) is 4.72 Å². The van der Waals surface area contributed by atoms with Crippen LogP contribution < -0.4 is 14.2 Å². The van der Waals surface area contributed by atoms with E-state index in [4.69, 9.17) is 9.47 Å². The van der Waals surface area contributed by atoms with Crippen LogP contribution >= 0.6 is 11.3 Å². The van der Waals surface area contributed by atoms with E-state index in [0.29, 0.717) is 29.1 Å². The number of rotatable bonds is 9. The van der Waals surface area contributed by atoms with Crippen LogP contribution in [-0.4, -0.2) is 37.0 Å². The Bertz CT molecular complexity index is 1070. The molecule has 10 heteroatoms. The molecule has 158 valence electrons. The molecule has 0 saturated heterocycles. The number of nitrogens with one attached hydrogen (secondary N) is 1. The summed E-state index contributed by atoms with van der Waals surface area (Å²) in [5.74, 6) is 3.60. The van der Waals surface area contributed by atoms with Gasteiger partial charge in [0.05, 0.1) is 17.8 Å². The van der Waals surface area contributed by atoms with Crippen molar-refractivity contribution >= 4 is 28.1 Å². The molecule has 4 rings (SSSR count). The van der Waals surface area contributed by atoms with Crippen LogP contribution in [0.1, 0.15) is 30.6 Å². The van der Waals surface area contributed by atoms with Crippen molar-refractivity contribution in [1.29, 1.82) is 0 Å². The van der Waals surface area contributed by atoms with Crippen LogP contribution in [0.4, 0.5) is 5.82 Å². The third kappa shape index (κ3) is 4.93. The lowest BCUT2D eigenvalue weighted by Crippen LogP contribution is -2.11. The summed E-state index contributed by atoms with van der Waals surface area (Å²) in [5.41, 5.74) is 0.767. The first-order valence-corrected chi connectivity index (χ1v) is 11.9. The standard InChI is InChI=1S/C20H23N5O3S2/c1-4-16-21-10-9-14(23-16)18-20(22-12(2)29-18)28-15-7-8-17(24-19(15)27-3)25-30(26)11-13-5-6-13/h7-10,13H,4-6,11H2,1-3H3,(H,24,25). The number of pyridine rings is 1. The number of anilines is 1. The van der Waals surface area contributed by atoms with Crippen molar-refractivity contribution in [1.82, 2.24) is 19.9 Å². The van der Waals surface area contributed by atoms with Gasteiger partial charge >= 0.3 is 0 Å². The zero-order valence-corrected chi connectivity index (χ0v) is 18.7. The lowest BCUT2D eigenvalue weighted by atomic mass is 10.3. The van der Waals surface area contributed by atoms with Crippen LogP contribution in [0.2, 0.25) is 0 Å². The summed E-state index contributed by atoms with van der Waals surface area (Å²) in [6.07, 6.45) is 4.79. The molecule has 1 aliphatic rings. The molecule has 0 aliphatic heterocycles. The average Bonchev–Trinajstić information content (AvgIpc) is 3.48. The van der Waals surface area contributed by atoms with Gasteiger partial charge in [-0.1, -0.05) is 6.92 Å². The number of thiazole rings is 1. The van der Waals surface area contributed by atoms with Gasteiger partial charge in [-0.15, -0.1) is 11.3 Å². The molecule has 1 fully saturated rings. The van der Waals surface area contributed by atoms with E-state index in [-0.39, 0.29) is 5.88 Å². The van der Waals surface area contributed by atoms with Gasteiger partial charge in [-0.25, -0.2) is 19.2 Å². The van der Waals surface area contributed by atoms with Crippen molar-refractivity contribution < 1.29 is 13.7 Å². The summed E-state index contributed by atoms with van der Waals surface area (Å²) >= 11 is 1.50. The number of aryl methyl sites for hydroxylation is 2. The summed E-state index contributed by atoms with van der Waals surface area (Å²) in [6, 6.07) is 5.30. The van der Waals surface area contributed by atoms with E-state index >= 15 is 0 Å². The third-order valence-corrected chi connectivity index (χ3v) is 6.67. The molecule has 1 saturated carbocycles. The smallest absolute Gasteiger partial charge is 0.259 e. The second kappa shape index (κ2) is 9.05. The molecule has 0 aromatic carbocycles. The molecule has 0 amide bonds. The maximum absolute atomic E-state index is 12.2. The van der Waals surface area contributed by atoms with E-state index < -0.39 is 11.0 Å². The largest absolute Gasteiger partial charge is 0.478 e. The Morgan fingerprint density at radius 2 is 2.03 bits per heavy atom. The van der Waals surface area contributed by atoms with Crippen molar-refractivity contribution in [3.05, 3.63) is 35.2 Å². The highest BCUT2D eigenvalue weighted by Gasteiger charge is 2.24. The molecule has 0 spiro atoms. The van der Waals surface area contributed by atoms with Crippen molar-refractivity contribution in [2.24, 2.45) is 5.92 Å². The van der Waals surface area contributed by atoms with Crippen LogP contribution in [0.3, 0.4) is 0 Å². The van der Waals surface area contributed by atoms with Crippen LogP contribution in [0.5, 0.6) is 17.5 Å². The Morgan fingerprint density at radius 3 is 2.77 bits per heavy atom. The summed E-state index contributed by atoms with van der Waals surface area (Å²) in [6.45, 7) is 3.93. The molecule has 0 radical (unpaired) electrons. The van der Waals surface area contributed by atoms with Gasteiger partial charge in [-0.05, 0) is 43.9 Å². The molecular formula is C20H23N5O3S2. The monoisotopic (exact) mass is 445 g/mol. The van der Waals surface area contributed by atoms with Gasteiger partial charge in [0.1, 0.15) is 27.5 Å². The molecule has 8 nitrogen and oxygen atoms in total. The minimum Gasteiger partial charge on any atom is -0.478 e. The second-order valence-electron chi connectivity index (χ2n) is 6.94. The highest BCUT2D eigenvalue weighted by Crippen LogP contribution is 2.39. The molecule has 3 aromatic heterocycles. The Morgan fingerprint density at radius 1 is 1.20 bits per heavy atom. The third-order valence-electron chi connectivity index (χ3n) is 4.49. The summed E-state index contributed by atoms with van der Waals surface area (Å²) in [4.78, 5) is 18.6. The minimum absolute atomic E-state index is 0.289. The zero-order valence-electron chi connectivity index (χ0n) is 17.0. The number of aromatic nitrogens is 4. The van der Waals surface area contributed by atoms with E-state index in [9.17, 15) is 4.21 Å². The summed E-state index contributed by atoms with van der Waals surface area (Å²) in [5, 5.41) is 0.859. The maximum Gasteiger partial charge on any atom is 0.259 e. The quantitative estimate of drug-likeness (QED) is 0.528. The van der Waals surface area contributed by atoms with E-state index in [0.717, 1.165) is 40.7 Å². The molecule has 30 heavy (non-hydrogen) atoms. The van der Waals surface area contributed by atoms with Crippen molar-refractivity contribution in [2.45, 2.75) is 33.1 Å². The van der Waals surface area contributed by atoms with Crippen LogP contribution in [0.15, 0.2) is 24.4 Å². The fourth-order valence-corrected chi connectivity index (χ4v) is 4.81. The first kappa shape index (κ1) is 20.7. The minimum atomic E-state index is -1.16. The maximum atomic E-state index is 12.2. The van der Waals surface area contributed by atoms with Crippen molar-refractivity contribution in [3.8, 4) is 28.1 Å². The summed E-state index contributed by atoms with van der Waals surface area (Å²) in [7, 11) is 0.363. The van der Waals surface area contributed by atoms with Gasteiger partial charge < -0.3 is 9.47 Å². The molecule has 3 aromatic rings. The average molecular weight is 446 g/mol. The number of hydrogen-bond acceptors (Lipinski definition) is 8. The normalized spacial score (nSPS) is 14.4. The lowest BCUT2D eigenvalue weighted by Gasteiger charge is -2.11. The van der Waals surface area contributed by atoms with Crippen LogP contribution in [0.25, 0.3) is 10.6 Å². The first-order chi connectivity index (χ1) is 14.6. The van der Waals surface area contributed by atoms with Gasteiger partial charge in [0, 0.05) is 18.4 Å². The molecule has 0 bridgehead atoms. The molecule has 1 aliphatic carbocycles. The molecular weight excluding hydrogens is 422 g/mol. The number of hydrogen-bond donors (Lipinski definition) is 1. The van der Waals surface area contributed by atoms with Gasteiger partial charge in [0.15, 0.2) is 5.75 Å². The summed E-state index contributed by atoms with van der Waals surface area (Å²) < 4.78 is 26.5. The first-order valence-electron chi connectivity index (χ1n) is 9.73. The molecule has 1 N–H and O–H groups in total. The van der Waals surface area contributed by atoms with Gasteiger partial charge in [0.25, 0.3) is 5.88 Å². The predicted molar refractivity (Wildman–Crippen MR) is 117 cm³/mol. The topological polar surface area (TPSA) is 99.1 Å². The predicted octanol–water partition coefficient (Wildman–Crippen LogP) is 4.15. The van der Waals surface area contributed by atoms with E-state index in [1.54, 1.807) is 18.3 Å². The lowest BCUT2D eigenvalue weighted by molar-refractivity contribution is 0.361. The number of nitrogens with zero attached hydrogens (tertiary/aromatic N) is 4. The van der Waals surface area contributed by atoms with Crippen LogP contribution in [0, 0.1) is 12.8 Å². The fourth-order valence-electron chi connectivity index (χ4n) is 2.80. The fraction of sp³-hybridized carbons (Fsp3) is 0.400. The Kier molecular flexibility index (Phi) is 6.24. The zero-order chi connectivity index (χ0) is 21.1. The van der Waals surface area contributed by atoms with E-state index in [1.165, 1.54) is 18.4 Å². The van der Waals surface area contributed by atoms with Gasteiger partial charge in [0.2, 0.25) is 5.88 Å². The van der Waals surface area contributed by atoms with E-state index in [1.807, 2.05) is 19.9 Å². The van der Waals surface area contributed by atoms with E-state index in [2.05, 4.69) is 24.7 Å².